The van der Waals surface area contributed by atoms with E-state index in [9.17, 15) is 0 Å². The van der Waals surface area contributed by atoms with Crippen LogP contribution in [0.2, 0.25) is 0 Å². The van der Waals surface area contributed by atoms with Crippen LogP contribution in [0.3, 0.4) is 0 Å². The van der Waals surface area contributed by atoms with Crippen LogP contribution in [-0.2, 0) is 0 Å². The van der Waals surface area contributed by atoms with Gasteiger partial charge >= 0.3 is 0 Å². The molecule has 8 nitrogen and oxygen atoms in total. The fourth-order valence-electron chi connectivity index (χ4n) is 4.01. The van der Waals surface area contributed by atoms with E-state index in [1.165, 1.54) is 0 Å². The first kappa shape index (κ1) is 19.4. The quantitative estimate of drug-likeness (QED) is 0.828. The van der Waals surface area contributed by atoms with Crippen molar-refractivity contribution in [1.82, 2.24) is 19.9 Å². The number of anilines is 4. The smallest absolute Gasteiger partial charge is 0.160 e. The standard InChI is InChI=1S/C21H30N8/c1-16(24-19-14-22-9-10-23-19)29-12-5-11-27(4)18-6-7-20(25-21(18)29)28-13-8-17(15-28)26(2)3/h6-7,9-10,14,17H,1,5,8,11-13,15H2,2-4H3,(H,23,24)/t17-/m0/s1. The van der Waals surface area contributed by atoms with Gasteiger partial charge in [0.2, 0.25) is 0 Å². The highest BCUT2D eigenvalue weighted by molar-refractivity contribution is 5.73. The van der Waals surface area contributed by atoms with E-state index in [4.69, 9.17) is 4.98 Å². The van der Waals surface area contributed by atoms with Crippen LogP contribution >= 0.6 is 0 Å². The molecule has 4 heterocycles. The lowest BCUT2D eigenvalue weighted by molar-refractivity contribution is 0.315. The second kappa shape index (κ2) is 8.24. The Labute approximate surface area is 172 Å². The van der Waals surface area contributed by atoms with Crippen LogP contribution in [0.5, 0.6) is 0 Å². The molecule has 2 aromatic heterocycles. The van der Waals surface area contributed by atoms with E-state index >= 15 is 0 Å². The topological polar surface area (TPSA) is 63.7 Å². The van der Waals surface area contributed by atoms with Gasteiger partial charge in [-0.25, -0.2) is 9.97 Å². The van der Waals surface area contributed by atoms with E-state index in [1.54, 1.807) is 18.6 Å². The highest BCUT2D eigenvalue weighted by Crippen LogP contribution is 2.34. The minimum absolute atomic E-state index is 0.572. The van der Waals surface area contributed by atoms with E-state index in [0.29, 0.717) is 11.9 Å². The van der Waals surface area contributed by atoms with Crippen LogP contribution in [0.15, 0.2) is 43.1 Å². The molecule has 0 spiro atoms. The summed E-state index contributed by atoms with van der Waals surface area (Å²) in [7, 11) is 6.43. The molecule has 0 unspecified atom stereocenters. The second-order valence-electron chi connectivity index (χ2n) is 7.95. The zero-order valence-corrected chi connectivity index (χ0v) is 17.5. The third kappa shape index (κ3) is 4.12. The Balaban J connectivity index is 1.62. The monoisotopic (exact) mass is 394 g/mol. The number of rotatable bonds is 5. The van der Waals surface area contributed by atoms with Crippen LogP contribution in [-0.4, -0.2) is 73.2 Å². The lowest BCUT2D eigenvalue weighted by Gasteiger charge is -2.28. The Bertz CT molecular complexity index is 853. The molecule has 4 rings (SSSR count). The van der Waals surface area contributed by atoms with E-state index in [0.717, 1.165) is 62.2 Å². The molecular formula is C21H30N8. The first-order chi connectivity index (χ1) is 14.0. The normalized spacial score (nSPS) is 19.3. The predicted molar refractivity (Wildman–Crippen MR) is 119 cm³/mol. The van der Waals surface area contributed by atoms with Crippen LogP contribution in [0.4, 0.5) is 23.1 Å². The second-order valence-corrected chi connectivity index (χ2v) is 7.95. The van der Waals surface area contributed by atoms with E-state index in [2.05, 4.69) is 74.7 Å². The summed E-state index contributed by atoms with van der Waals surface area (Å²) in [6.45, 7) is 8.14. The summed E-state index contributed by atoms with van der Waals surface area (Å²) in [6.07, 6.45) is 7.22. The Kier molecular flexibility index (Phi) is 5.53. The van der Waals surface area contributed by atoms with Gasteiger partial charge in [-0.2, -0.15) is 0 Å². The average molecular weight is 395 g/mol. The zero-order chi connectivity index (χ0) is 20.4. The van der Waals surface area contributed by atoms with E-state index < -0.39 is 0 Å². The number of hydrogen-bond donors (Lipinski definition) is 1. The lowest BCUT2D eigenvalue weighted by atomic mass is 10.2. The number of hydrogen-bond acceptors (Lipinski definition) is 8. The van der Waals surface area contributed by atoms with Crippen LogP contribution in [0.25, 0.3) is 0 Å². The number of nitrogens with one attached hydrogen (secondary N) is 1. The molecule has 1 atom stereocenters. The number of pyridine rings is 1. The predicted octanol–water partition coefficient (Wildman–Crippen LogP) is 2.24. The summed E-state index contributed by atoms with van der Waals surface area (Å²) in [5, 5.41) is 3.29. The van der Waals surface area contributed by atoms with Crippen molar-refractivity contribution in [2.75, 3.05) is 67.3 Å². The minimum Gasteiger partial charge on any atom is -0.372 e. The van der Waals surface area contributed by atoms with E-state index in [1.807, 2.05) is 0 Å². The molecule has 0 bridgehead atoms. The van der Waals surface area contributed by atoms with Crippen LogP contribution in [0.1, 0.15) is 12.8 Å². The Hall–Kier alpha value is -2.87. The molecule has 1 N–H and O–H groups in total. The molecule has 1 fully saturated rings. The summed E-state index contributed by atoms with van der Waals surface area (Å²) in [4.78, 5) is 22.7. The first-order valence-electron chi connectivity index (χ1n) is 10.2. The number of likely N-dealkylation sites (N-methyl/N-ethyl adjacent to an activating group) is 1. The Morgan fingerprint density at radius 3 is 2.79 bits per heavy atom. The van der Waals surface area contributed by atoms with Crippen molar-refractivity contribution in [1.29, 1.82) is 0 Å². The SMILES string of the molecule is C=C(Nc1cnccn1)N1CCCN(C)c2ccc(N3CC[C@H](N(C)C)C3)nc21. The van der Waals surface area contributed by atoms with E-state index in [-0.39, 0.29) is 0 Å². The molecule has 154 valence electrons. The van der Waals surface area contributed by atoms with Crippen molar-refractivity contribution >= 4 is 23.1 Å². The first-order valence-corrected chi connectivity index (χ1v) is 10.2. The molecule has 8 heteroatoms. The molecule has 0 aromatic carbocycles. The molecule has 0 aliphatic carbocycles. The Morgan fingerprint density at radius 2 is 2.07 bits per heavy atom. The summed E-state index contributed by atoms with van der Waals surface area (Å²) < 4.78 is 0. The maximum atomic E-state index is 5.10. The largest absolute Gasteiger partial charge is 0.372 e. The van der Waals surface area contributed by atoms with Crippen molar-refractivity contribution in [3.8, 4) is 0 Å². The van der Waals surface area contributed by atoms with Crippen LogP contribution < -0.4 is 20.0 Å². The molecule has 0 radical (unpaired) electrons. The van der Waals surface area contributed by atoms with Crippen LogP contribution in [0, 0.1) is 0 Å². The fraction of sp³-hybridized carbons (Fsp3) is 0.476. The lowest BCUT2D eigenvalue weighted by Crippen LogP contribution is -2.32. The molecule has 2 aromatic rings. The maximum absolute atomic E-state index is 5.10. The number of nitrogens with zero attached hydrogens (tertiary/aromatic N) is 7. The summed E-state index contributed by atoms with van der Waals surface area (Å²) >= 11 is 0. The fourth-order valence-corrected chi connectivity index (χ4v) is 4.01. The molecule has 2 aliphatic heterocycles. The van der Waals surface area contributed by atoms with Gasteiger partial charge in [0.15, 0.2) is 5.82 Å². The minimum atomic E-state index is 0.572. The maximum Gasteiger partial charge on any atom is 0.160 e. The summed E-state index contributed by atoms with van der Waals surface area (Å²) in [5.74, 6) is 3.42. The molecular weight excluding hydrogens is 364 g/mol. The van der Waals surface area contributed by atoms with Crippen molar-refractivity contribution in [3.05, 3.63) is 43.1 Å². The van der Waals surface area contributed by atoms with Gasteiger partial charge in [-0.1, -0.05) is 6.58 Å². The highest BCUT2D eigenvalue weighted by Gasteiger charge is 2.28. The Morgan fingerprint density at radius 1 is 1.21 bits per heavy atom. The number of aromatic nitrogens is 3. The van der Waals surface area contributed by atoms with Gasteiger partial charge in [0.1, 0.15) is 17.5 Å². The van der Waals surface area contributed by atoms with Gasteiger partial charge in [0.05, 0.1) is 11.9 Å². The molecule has 2 aliphatic rings. The van der Waals surface area contributed by atoms with Crippen molar-refractivity contribution in [3.63, 3.8) is 0 Å². The van der Waals surface area contributed by atoms with Crippen molar-refractivity contribution in [2.24, 2.45) is 0 Å². The average Bonchev–Trinajstić information content (AvgIpc) is 3.16. The van der Waals surface area contributed by atoms with Gasteiger partial charge < -0.3 is 24.9 Å². The third-order valence-electron chi connectivity index (χ3n) is 5.76. The highest BCUT2D eigenvalue weighted by atomic mass is 15.3. The van der Waals surface area contributed by atoms with Gasteiger partial charge in [-0.3, -0.25) is 4.98 Å². The summed E-state index contributed by atoms with van der Waals surface area (Å²) in [5.41, 5.74) is 1.12. The van der Waals surface area contributed by atoms with Gasteiger partial charge in [-0.05, 0) is 39.1 Å². The molecule has 0 saturated carbocycles. The van der Waals surface area contributed by atoms with Gasteiger partial charge in [0.25, 0.3) is 0 Å². The zero-order valence-electron chi connectivity index (χ0n) is 17.5. The van der Waals surface area contributed by atoms with Crippen molar-refractivity contribution in [2.45, 2.75) is 18.9 Å². The molecule has 29 heavy (non-hydrogen) atoms. The molecule has 0 amide bonds. The van der Waals surface area contributed by atoms with Crippen molar-refractivity contribution < 1.29 is 0 Å². The number of fused-ring (bicyclic) bond motifs is 1. The van der Waals surface area contributed by atoms with Gasteiger partial charge in [0, 0.05) is 51.7 Å². The summed E-state index contributed by atoms with van der Waals surface area (Å²) in [6, 6.07) is 4.91. The third-order valence-corrected chi connectivity index (χ3v) is 5.76. The van der Waals surface area contributed by atoms with Gasteiger partial charge in [-0.15, -0.1) is 0 Å². The molecule has 1 saturated heterocycles.